The van der Waals surface area contributed by atoms with Gasteiger partial charge in [0.2, 0.25) is 0 Å². The lowest BCUT2D eigenvalue weighted by atomic mass is 9.96. The molecule has 1 heterocycles. The number of aliphatic carboxylic acids is 1. The Morgan fingerprint density at radius 1 is 1.69 bits per heavy atom. The first-order chi connectivity index (χ1) is 7.49. The highest BCUT2D eigenvalue weighted by atomic mass is 16.4. The average Bonchev–Trinajstić information content (AvgIpc) is 2.21. The van der Waals surface area contributed by atoms with Crippen molar-refractivity contribution >= 4 is 11.8 Å². The Morgan fingerprint density at radius 2 is 2.38 bits per heavy atom. The number of rotatable bonds is 5. The first-order valence-corrected chi connectivity index (χ1v) is 5.05. The Hall–Kier alpha value is -1.85. The third-order valence-electron chi connectivity index (χ3n) is 2.32. The number of hydrogen-bond donors (Lipinski definition) is 3. The van der Waals surface area contributed by atoms with Gasteiger partial charge >= 0.3 is 5.97 Å². The summed E-state index contributed by atoms with van der Waals surface area (Å²) in [4.78, 5) is 28.7. The predicted molar refractivity (Wildman–Crippen MR) is 59.4 cm³/mol. The normalized spacial score (nSPS) is 14.1. The van der Waals surface area contributed by atoms with Gasteiger partial charge in [-0.25, -0.2) is 9.78 Å². The van der Waals surface area contributed by atoms with Gasteiger partial charge in [0.05, 0.1) is 0 Å². The number of hydrogen-bond acceptors (Lipinski definition) is 4. The minimum absolute atomic E-state index is 0.0286. The zero-order valence-electron chi connectivity index (χ0n) is 9.28. The quantitative estimate of drug-likeness (QED) is 0.689. The van der Waals surface area contributed by atoms with Crippen LogP contribution < -0.4 is 10.9 Å². The lowest BCUT2D eigenvalue weighted by molar-refractivity contribution is -0.142. The number of aromatic nitrogens is 2. The van der Waals surface area contributed by atoms with Crippen LogP contribution in [0.5, 0.6) is 0 Å². The zero-order valence-corrected chi connectivity index (χ0v) is 9.28. The van der Waals surface area contributed by atoms with E-state index in [9.17, 15) is 9.59 Å². The maximum Gasteiger partial charge on any atom is 0.329 e. The van der Waals surface area contributed by atoms with Crippen molar-refractivity contribution in [1.82, 2.24) is 9.97 Å². The Labute approximate surface area is 92.7 Å². The zero-order chi connectivity index (χ0) is 12.2. The summed E-state index contributed by atoms with van der Waals surface area (Å²) in [6.45, 7) is 3.42. The lowest BCUT2D eigenvalue weighted by Gasteiger charge is -2.25. The molecule has 0 spiro atoms. The van der Waals surface area contributed by atoms with Gasteiger partial charge in [0, 0.05) is 12.4 Å². The van der Waals surface area contributed by atoms with Crippen LogP contribution in [0.2, 0.25) is 0 Å². The van der Waals surface area contributed by atoms with Gasteiger partial charge in [-0.05, 0) is 13.3 Å². The first kappa shape index (κ1) is 12.2. The molecular formula is C10H15N3O3. The van der Waals surface area contributed by atoms with Gasteiger partial charge in [-0.3, -0.25) is 4.79 Å². The van der Waals surface area contributed by atoms with Crippen molar-refractivity contribution in [1.29, 1.82) is 0 Å². The summed E-state index contributed by atoms with van der Waals surface area (Å²) in [6.07, 6.45) is 3.91. The monoisotopic (exact) mass is 225 g/mol. The van der Waals surface area contributed by atoms with Crippen LogP contribution in [0.3, 0.4) is 0 Å². The summed E-state index contributed by atoms with van der Waals surface area (Å²) < 4.78 is 0. The molecule has 0 aliphatic rings. The van der Waals surface area contributed by atoms with Crippen molar-refractivity contribution in [3.63, 3.8) is 0 Å². The fourth-order valence-electron chi connectivity index (χ4n) is 1.43. The summed E-state index contributed by atoms with van der Waals surface area (Å²) in [7, 11) is 0. The molecule has 0 aromatic carbocycles. The number of anilines is 1. The van der Waals surface area contributed by atoms with E-state index in [0.717, 1.165) is 0 Å². The minimum atomic E-state index is -1.17. The fraction of sp³-hybridized carbons (Fsp3) is 0.500. The first-order valence-electron chi connectivity index (χ1n) is 5.05. The van der Waals surface area contributed by atoms with Crippen LogP contribution in [-0.2, 0) is 4.79 Å². The summed E-state index contributed by atoms with van der Waals surface area (Å²) in [6, 6.07) is 0. The van der Waals surface area contributed by atoms with E-state index in [-0.39, 0.29) is 5.82 Å². The summed E-state index contributed by atoms with van der Waals surface area (Å²) in [5.74, 6) is -0.972. The van der Waals surface area contributed by atoms with Crippen LogP contribution >= 0.6 is 0 Å². The molecule has 3 N–H and O–H groups in total. The molecule has 6 heteroatoms. The van der Waals surface area contributed by atoms with Gasteiger partial charge in [0.15, 0.2) is 5.82 Å². The van der Waals surface area contributed by atoms with Crippen molar-refractivity contribution in [3.8, 4) is 0 Å². The third-order valence-corrected chi connectivity index (χ3v) is 2.32. The van der Waals surface area contributed by atoms with E-state index < -0.39 is 17.1 Å². The second kappa shape index (κ2) is 4.78. The molecule has 16 heavy (non-hydrogen) atoms. The number of aromatic amines is 1. The van der Waals surface area contributed by atoms with Crippen LogP contribution in [-0.4, -0.2) is 26.6 Å². The number of H-pyrrole nitrogens is 1. The highest BCUT2D eigenvalue weighted by Crippen LogP contribution is 2.16. The summed E-state index contributed by atoms with van der Waals surface area (Å²) in [5, 5.41) is 11.8. The van der Waals surface area contributed by atoms with Crippen LogP contribution in [0.15, 0.2) is 17.2 Å². The van der Waals surface area contributed by atoms with E-state index in [0.29, 0.717) is 12.8 Å². The van der Waals surface area contributed by atoms with Crippen LogP contribution in [0, 0.1) is 0 Å². The predicted octanol–water partition coefficient (Wildman–Crippen LogP) is 0.825. The maximum atomic E-state index is 11.4. The average molecular weight is 225 g/mol. The molecular weight excluding hydrogens is 210 g/mol. The Bertz CT molecular complexity index is 429. The van der Waals surface area contributed by atoms with E-state index in [1.54, 1.807) is 0 Å². The highest BCUT2D eigenvalue weighted by Gasteiger charge is 2.32. The molecule has 0 aliphatic carbocycles. The molecule has 1 unspecified atom stereocenters. The van der Waals surface area contributed by atoms with E-state index in [2.05, 4.69) is 15.3 Å². The number of carboxylic acid groups (broad SMARTS) is 1. The Kier molecular flexibility index (Phi) is 3.65. The molecule has 0 saturated heterocycles. The standard InChI is InChI=1S/C10H15N3O3/c1-3-4-10(2,9(15)16)13-7-8(14)12-6-5-11-7/h5-6H,3-4H2,1-2H3,(H,11,13)(H,12,14)(H,15,16). The van der Waals surface area contributed by atoms with Crippen molar-refractivity contribution in [2.24, 2.45) is 0 Å². The topological polar surface area (TPSA) is 95.1 Å². The molecule has 0 bridgehead atoms. The van der Waals surface area contributed by atoms with Crippen molar-refractivity contribution in [2.75, 3.05) is 5.32 Å². The minimum Gasteiger partial charge on any atom is -0.480 e. The van der Waals surface area contributed by atoms with E-state index in [1.165, 1.54) is 19.3 Å². The number of nitrogens with one attached hydrogen (secondary N) is 2. The summed E-state index contributed by atoms with van der Waals surface area (Å²) in [5.41, 5.74) is -1.60. The maximum absolute atomic E-state index is 11.4. The smallest absolute Gasteiger partial charge is 0.329 e. The second-order valence-corrected chi connectivity index (χ2v) is 3.78. The van der Waals surface area contributed by atoms with Crippen molar-refractivity contribution in [3.05, 3.63) is 22.7 Å². The molecule has 1 aromatic rings. The molecule has 88 valence electrons. The van der Waals surface area contributed by atoms with Gasteiger partial charge in [0.1, 0.15) is 5.54 Å². The number of nitrogens with zero attached hydrogens (tertiary/aromatic N) is 1. The van der Waals surface area contributed by atoms with Crippen LogP contribution in [0.4, 0.5) is 5.82 Å². The SMILES string of the molecule is CCCC(C)(Nc1ncc[nH]c1=O)C(=O)O. The molecule has 0 radical (unpaired) electrons. The second-order valence-electron chi connectivity index (χ2n) is 3.78. The lowest BCUT2D eigenvalue weighted by Crippen LogP contribution is -2.44. The Balaban J connectivity index is 2.97. The van der Waals surface area contributed by atoms with Gasteiger partial charge in [-0.15, -0.1) is 0 Å². The highest BCUT2D eigenvalue weighted by molar-refractivity contribution is 5.81. The molecule has 6 nitrogen and oxygen atoms in total. The largest absolute Gasteiger partial charge is 0.480 e. The molecule has 0 saturated carbocycles. The molecule has 1 atom stereocenters. The van der Waals surface area contributed by atoms with Gasteiger partial charge in [0.25, 0.3) is 5.56 Å². The molecule has 1 rings (SSSR count). The molecule has 1 aromatic heterocycles. The van der Waals surface area contributed by atoms with E-state index in [1.807, 2.05) is 6.92 Å². The van der Waals surface area contributed by atoms with Gasteiger partial charge < -0.3 is 15.4 Å². The number of carbonyl (C=O) groups is 1. The molecule has 0 amide bonds. The third kappa shape index (κ3) is 2.59. The molecule has 0 aliphatic heterocycles. The van der Waals surface area contributed by atoms with Crippen molar-refractivity contribution in [2.45, 2.75) is 32.2 Å². The van der Waals surface area contributed by atoms with E-state index in [4.69, 9.17) is 5.11 Å². The fourth-order valence-corrected chi connectivity index (χ4v) is 1.43. The Morgan fingerprint density at radius 3 is 2.88 bits per heavy atom. The van der Waals surface area contributed by atoms with Gasteiger partial charge in [-0.2, -0.15) is 0 Å². The van der Waals surface area contributed by atoms with Crippen LogP contribution in [0.1, 0.15) is 26.7 Å². The van der Waals surface area contributed by atoms with Gasteiger partial charge in [-0.1, -0.05) is 13.3 Å². The van der Waals surface area contributed by atoms with E-state index >= 15 is 0 Å². The molecule has 0 fully saturated rings. The van der Waals surface area contributed by atoms with Crippen LogP contribution in [0.25, 0.3) is 0 Å². The summed E-state index contributed by atoms with van der Waals surface area (Å²) >= 11 is 0. The van der Waals surface area contributed by atoms with Crippen molar-refractivity contribution < 1.29 is 9.90 Å². The number of carboxylic acids is 1.